The van der Waals surface area contributed by atoms with Crippen molar-refractivity contribution in [2.24, 2.45) is 0 Å². The molecule has 1 atom stereocenters. The predicted octanol–water partition coefficient (Wildman–Crippen LogP) is 3.72. The molecular formula is C21H28N2O3S. The van der Waals surface area contributed by atoms with Crippen LogP contribution in [0.25, 0.3) is 0 Å². The van der Waals surface area contributed by atoms with Gasteiger partial charge in [-0.2, -0.15) is 4.31 Å². The van der Waals surface area contributed by atoms with Crippen LogP contribution in [0.15, 0.2) is 53.4 Å². The van der Waals surface area contributed by atoms with Crippen molar-refractivity contribution >= 4 is 15.7 Å². The van der Waals surface area contributed by atoms with Crippen molar-refractivity contribution in [2.45, 2.75) is 37.6 Å². The highest BCUT2D eigenvalue weighted by molar-refractivity contribution is 7.89. The molecule has 2 aromatic rings. The van der Waals surface area contributed by atoms with Gasteiger partial charge < -0.3 is 9.64 Å². The average Bonchev–Trinajstić information content (AvgIpc) is 2.68. The first kappa shape index (κ1) is 19.7. The summed E-state index contributed by atoms with van der Waals surface area (Å²) in [6.45, 7) is 7.88. The third-order valence-electron chi connectivity index (χ3n) is 5.18. The van der Waals surface area contributed by atoms with Crippen molar-refractivity contribution in [2.75, 3.05) is 31.6 Å². The first-order valence-electron chi connectivity index (χ1n) is 9.33. The average molecular weight is 389 g/mol. The number of anilines is 1. The van der Waals surface area contributed by atoms with Crippen molar-refractivity contribution in [3.8, 4) is 5.75 Å². The molecule has 5 nitrogen and oxygen atoms in total. The second-order valence-corrected chi connectivity index (χ2v) is 9.27. The van der Waals surface area contributed by atoms with E-state index in [9.17, 15) is 8.42 Å². The van der Waals surface area contributed by atoms with E-state index in [2.05, 4.69) is 25.7 Å². The van der Waals surface area contributed by atoms with Gasteiger partial charge >= 0.3 is 0 Å². The summed E-state index contributed by atoms with van der Waals surface area (Å²) in [5.41, 5.74) is 2.23. The Morgan fingerprint density at radius 3 is 2.15 bits per heavy atom. The summed E-state index contributed by atoms with van der Waals surface area (Å²) in [4.78, 5) is 2.62. The maximum atomic E-state index is 13.0. The van der Waals surface area contributed by atoms with Gasteiger partial charge in [-0.05, 0) is 54.8 Å². The molecule has 1 heterocycles. The van der Waals surface area contributed by atoms with Gasteiger partial charge in [0.05, 0.1) is 12.0 Å². The van der Waals surface area contributed by atoms with Crippen LogP contribution in [0.1, 0.15) is 32.3 Å². The molecule has 6 heteroatoms. The first-order valence-corrected chi connectivity index (χ1v) is 10.8. The summed E-state index contributed by atoms with van der Waals surface area (Å²) in [5.74, 6) is 1.20. The maximum Gasteiger partial charge on any atom is 0.243 e. The van der Waals surface area contributed by atoms with Crippen LogP contribution in [-0.2, 0) is 10.0 Å². The molecule has 1 aliphatic rings. The summed E-state index contributed by atoms with van der Waals surface area (Å²) in [5, 5.41) is 0. The predicted molar refractivity (Wildman–Crippen MR) is 109 cm³/mol. The summed E-state index contributed by atoms with van der Waals surface area (Å²) in [7, 11) is -1.82. The summed E-state index contributed by atoms with van der Waals surface area (Å²) in [6.07, 6.45) is 0. The largest absolute Gasteiger partial charge is 0.497 e. The van der Waals surface area contributed by atoms with Crippen LogP contribution in [0.2, 0.25) is 0 Å². The minimum atomic E-state index is -3.47. The molecule has 0 N–H and O–H groups in total. The molecule has 0 saturated carbocycles. The van der Waals surface area contributed by atoms with Gasteiger partial charge in [0.15, 0.2) is 0 Å². The highest BCUT2D eigenvalue weighted by atomic mass is 32.2. The van der Waals surface area contributed by atoms with E-state index in [1.807, 2.05) is 36.4 Å². The molecule has 0 aliphatic carbocycles. The van der Waals surface area contributed by atoms with Crippen LogP contribution in [0.4, 0.5) is 5.69 Å². The molecule has 0 amide bonds. The lowest BCUT2D eigenvalue weighted by molar-refractivity contribution is 0.342. The molecule has 1 unspecified atom stereocenters. The van der Waals surface area contributed by atoms with Gasteiger partial charge in [0.25, 0.3) is 0 Å². The minimum absolute atomic E-state index is 0.0943. The van der Waals surface area contributed by atoms with E-state index in [-0.39, 0.29) is 6.04 Å². The molecule has 3 rings (SSSR count). The zero-order valence-corrected chi connectivity index (χ0v) is 17.2. The Morgan fingerprint density at radius 2 is 1.63 bits per heavy atom. The van der Waals surface area contributed by atoms with E-state index in [1.165, 1.54) is 0 Å². The Balaban J connectivity index is 1.74. The third-order valence-corrected chi connectivity index (χ3v) is 7.06. The lowest BCUT2D eigenvalue weighted by Gasteiger charge is -2.40. The fourth-order valence-electron chi connectivity index (χ4n) is 3.47. The number of hydrogen-bond donors (Lipinski definition) is 0. The number of nitrogens with zero attached hydrogens (tertiary/aromatic N) is 2. The Morgan fingerprint density at radius 1 is 1.00 bits per heavy atom. The van der Waals surface area contributed by atoms with Crippen LogP contribution in [0.5, 0.6) is 5.75 Å². The molecule has 2 aromatic carbocycles. The van der Waals surface area contributed by atoms with Crippen LogP contribution < -0.4 is 9.64 Å². The van der Waals surface area contributed by atoms with Crippen molar-refractivity contribution in [3.05, 3.63) is 54.1 Å². The first-order chi connectivity index (χ1) is 12.8. The molecule has 0 aromatic heterocycles. The summed E-state index contributed by atoms with van der Waals surface area (Å²) >= 11 is 0. The van der Waals surface area contributed by atoms with Crippen molar-refractivity contribution in [3.63, 3.8) is 0 Å². The number of hydrogen-bond acceptors (Lipinski definition) is 4. The highest BCUT2D eigenvalue weighted by Crippen LogP contribution is 2.26. The molecule has 0 bridgehead atoms. The SMILES string of the molecule is COc1ccc(N2CCN(S(=O)(=O)c3ccc(C(C)C)cc3)CC2C)cc1. The van der Waals surface area contributed by atoms with Crippen molar-refractivity contribution in [1.29, 1.82) is 0 Å². The maximum absolute atomic E-state index is 13.0. The number of rotatable bonds is 5. The van der Waals surface area contributed by atoms with Gasteiger partial charge in [-0.25, -0.2) is 8.42 Å². The number of ether oxygens (including phenoxy) is 1. The summed E-state index contributed by atoms with van der Waals surface area (Å²) < 4.78 is 32.9. The standard InChI is InChI=1S/C21H28N2O3S/c1-16(2)18-5-11-21(12-6-18)27(24,25)22-13-14-23(17(3)15-22)19-7-9-20(26-4)10-8-19/h5-12,16-17H,13-15H2,1-4H3. The molecule has 146 valence electrons. The quantitative estimate of drug-likeness (QED) is 0.783. The van der Waals surface area contributed by atoms with E-state index >= 15 is 0 Å². The molecular weight excluding hydrogens is 360 g/mol. The topological polar surface area (TPSA) is 49.9 Å². The van der Waals surface area contributed by atoms with Gasteiger partial charge in [0, 0.05) is 31.4 Å². The van der Waals surface area contributed by atoms with E-state index in [1.54, 1.807) is 23.5 Å². The zero-order chi connectivity index (χ0) is 19.6. The van der Waals surface area contributed by atoms with Gasteiger partial charge in [0.1, 0.15) is 5.75 Å². The van der Waals surface area contributed by atoms with E-state index in [0.29, 0.717) is 30.4 Å². The van der Waals surface area contributed by atoms with Gasteiger partial charge in [-0.15, -0.1) is 0 Å². The van der Waals surface area contributed by atoms with Crippen LogP contribution in [0.3, 0.4) is 0 Å². The molecule has 0 radical (unpaired) electrons. The number of sulfonamides is 1. The zero-order valence-electron chi connectivity index (χ0n) is 16.4. The van der Waals surface area contributed by atoms with Crippen LogP contribution in [-0.4, -0.2) is 45.5 Å². The second kappa shape index (κ2) is 7.90. The van der Waals surface area contributed by atoms with Crippen molar-refractivity contribution in [1.82, 2.24) is 4.31 Å². The Labute approximate surface area is 162 Å². The molecule has 1 aliphatic heterocycles. The third kappa shape index (κ3) is 4.12. The molecule has 1 fully saturated rings. The van der Waals surface area contributed by atoms with Crippen molar-refractivity contribution < 1.29 is 13.2 Å². The van der Waals surface area contributed by atoms with E-state index in [0.717, 1.165) is 17.0 Å². The Kier molecular flexibility index (Phi) is 5.77. The van der Waals surface area contributed by atoms with Gasteiger partial charge in [0.2, 0.25) is 10.0 Å². The second-order valence-electron chi connectivity index (χ2n) is 7.33. The Hall–Kier alpha value is -2.05. The van der Waals surface area contributed by atoms with Crippen LogP contribution >= 0.6 is 0 Å². The molecule has 27 heavy (non-hydrogen) atoms. The molecule has 0 spiro atoms. The normalized spacial score (nSPS) is 18.7. The molecule has 1 saturated heterocycles. The van der Waals surface area contributed by atoms with E-state index in [4.69, 9.17) is 4.74 Å². The van der Waals surface area contributed by atoms with Gasteiger partial charge in [-0.1, -0.05) is 26.0 Å². The van der Waals surface area contributed by atoms with E-state index < -0.39 is 10.0 Å². The Bertz CT molecular complexity index is 861. The monoisotopic (exact) mass is 388 g/mol. The number of benzene rings is 2. The summed E-state index contributed by atoms with van der Waals surface area (Å²) in [6, 6.07) is 15.3. The lowest BCUT2D eigenvalue weighted by Crippen LogP contribution is -2.53. The minimum Gasteiger partial charge on any atom is -0.497 e. The smallest absolute Gasteiger partial charge is 0.243 e. The fraction of sp³-hybridized carbons (Fsp3) is 0.429. The lowest BCUT2D eigenvalue weighted by atomic mass is 10.0. The fourth-order valence-corrected chi connectivity index (χ4v) is 4.99. The number of piperazine rings is 1. The van der Waals surface area contributed by atoms with Gasteiger partial charge in [-0.3, -0.25) is 0 Å². The van der Waals surface area contributed by atoms with Crippen LogP contribution in [0, 0.1) is 0 Å². The highest BCUT2D eigenvalue weighted by Gasteiger charge is 2.32. The number of methoxy groups -OCH3 is 1.